The van der Waals surface area contributed by atoms with Crippen LogP contribution in [0.1, 0.15) is 24.0 Å². The number of hydrogen-bond acceptors (Lipinski definition) is 4. The van der Waals surface area contributed by atoms with Gasteiger partial charge in [0, 0.05) is 25.3 Å². The van der Waals surface area contributed by atoms with Crippen LogP contribution in [0, 0.1) is 5.92 Å². The van der Waals surface area contributed by atoms with E-state index in [0.29, 0.717) is 0 Å². The van der Waals surface area contributed by atoms with Gasteiger partial charge in [0.1, 0.15) is 12.7 Å². The van der Waals surface area contributed by atoms with Crippen LogP contribution in [-0.4, -0.2) is 39.3 Å². The van der Waals surface area contributed by atoms with Crippen LogP contribution in [0.3, 0.4) is 0 Å². The van der Waals surface area contributed by atoms with Crippen molar-refractivity contribution in [2.45, 2.75) is 32.4 Å². The summed E-state index contributed by atoms with van der Waals surface area (Å²) in [7, 11) is 0. The summed E-state index contributed by atoms with van der Waals surface area (Å²) in [5, 5.41) is 7.77. The third-order valence-corrected chi connectivity index (χ3v) is 4.95. The summed E-state index contributed by atoms with van der Waals surface area (Å²) in [5.41, 5.74) is 4.34. The lowest BCUT2D eigenvalue weighted by Gasteiger charge is -2.32. The van der Waals surface area contributed by atoms with Gasteiger partial charge in [-0.15, -0.1) is 12.4 Å². The lowest BCUT2D eigenvalue weighted by Crippen LogP contribution is -2.34. The summed E-state index contributed by atoms with van der Waals surface area (Å²) in [4.78, 5) is 6.62. The number of aromatic nitrogens is 3. The van der Waals surface area contributed by atoms with E-state index in [4.69, 9.17) is 0 Å². The van der Waals surface area contributed by atoms with Crippen molar-refractivity contribution in [1.82, 2.24) is 19.7 Å². The molecule has 3 heterocycles. The highest BCUT2D eigenvalue weighted by atomic mass is 35.5. The molecule has 0 amide bonds. The van der Waals surface area contributed by atoms with Crippen molar-refractivity contribution >= 4 is 18.1 Å². The lowest BCUT2D eigenvalue weighted by atomic mass is 9.96. The maximum Gasteiger partial charge on any atom is 0.137 e. The van der Waals surface area contributed by atoms with E-state index in [2.05, 4.69) is 38.5 Å². The van der Waals surface area contributed by atoms with Crippen molar-refractivity contribution in [2.24, 2.45) is 5.92 Å². The molecule has 0 unspecified atom stereocenters. The first-order chi connectivity index (χ1) is 10.9. The van der Waals surface area contributed by atoms with Crippen LogP contribution < -0.4 is 5.32 Å². The molecule has 2 aliphatic rings. The second-order valence-corrected chi connectivity index (χ2v) is 6.47. The topological polar surface area (TPSA) is 46.0 Å². The van der Waals surface area contributed by atoms with Gasteiger partial charge in [-0.3, -0.25) is 9.58 Å². The molecule has 0 saturated carbocycles. The molecule has 2 aliphatic heterocycles. The Bertz CT molecular complexity index is 620. The molecule has 124 valence electrons. The maximum absolute atomic E-state index is 4.22. The number of halogens is 1. The maximum atomic E-state index is 4.22. The molecule has 0 radical (unpaired) electrons. The summed E-state index contributed by atoms with van der Waals surface area (Å²) in [6.07, 6.45) is 7.12. The van der Waals surface area contributed by atoms with Gasteiger partial charge in [0.2, 0.25) is 0 Å². The van der Waals surface area contributed by atoms with Gasteiger partial charge in [-0.2, -0.15) is 5.10 Å². The Labute approximate surface area is 143 Å². The van der Waals surface area contributed by atoms with E-state index in [1.165, 1.54) is 49.2 Å². The number of likely N-dealkylation sites (tertiary alicyclic amines) is 1. The average molecular weight is 334 g/mol. The number of hydrogen-bond donors (Lipinski definition) is 1. The number of piperidine rings is 1. The summed E-state index contributed by atoms with van der Waals surface area (Å²) in [6.45, 7) is 5.54. The fourth-order valence-electron chi connectivity index (χ4n) is 3.70. The summed E-state index contributed by atoms with van der Waals surface area (Å²) in [5.74, 6) is 0.734. The zero-order valence-electron chi connectivity index (χ0n) is 13.3. The molecule has 4 rings (SSSR count). The lowest BCUT2D eigenvalue weighted by molar-refractivity contribution is 0.165. The average Bonchev–Trinajstić information content (AvgIpc) is 3.21. The third-order valence-electron chi connectivity index (χ3n) is 4.95. The molecule has 1 aromatic carbocycles. The van der Waals surface area contributed by atoms with Gasteiger partial charge in [0.25, 0.3) is 0 Å². The molecule has 1 fully saturated rings. The van der Waals surface area contributed by atoms with Gasteiger partial charge in [-0.25, -0.2) is 4.98 Å². The zero-order valence-corrected chi connectivity index (χ0v) is 14.1. The zero-order chi connectivity index (χ0) is 14.8. The second-order valence-electron chi connectivity index (χ2n) is 6.47. The highest BCUT2D eigenvalue weighted by Gasteiger charge is 2.21. The fraction of sp³-hybridized carbons (Fsp3) is 0.529. The van der Waals surface area contributed by atoms with E-state index >= 15 is 0 Å². The Kier molecular flexibility index (Phi) is 5.18. The van der Waals surface area contributed by atoms with Gasteiger partial charge in [-0.05, 0) is 49.4 Å². The Balaban J connectivity index is 0.00000156. The van der Waals surface area contributed by atoms with Crippen molar-refractivity contribution in [3.63, 3.8) is 0 Å². The Morgan fingerprint density at radius 3 is 2.87 bits per heavy atom. The minimum Gasteiger partial charge on any atom is -0.384 e. The number of anilines is 1. The first-order valence-electron chi connectivity index (χ1n) is 8.28. The molecule has 0 atom stereocenters. The number of rotatable bonds is 4. The normalized spacial score (nSPS) is 18.3. The van der Waals surface area contributed by atoms with Gasteiger partial charge in [0.05, 0.1) is 0 Å². The van der Waals surface area contributed by atoms with Crippen molar-refractivity contribution in [3.8, 4) is 0 Å². The SMILES string of the molecule is Cl.c1cc2c(c(CN3CCC(Cn4cncn4)CC3)c1)NCC2. The number of para-hydroxylation sites is 1. The van der Waals surface area contributed by atoms with Gasteiger partial charge in [-0.1, -0.05) is 18.2 Å². The van der Waals surface area contributed by atoms with Crippen LogP contribution in [0.25, 0.3) is 0 Å². The second kappa shape index (κ2) is 7.32. The van der Waals surface area contributed by atoms with E-state index < -0.39 is 0 Å². The summed E-state index contributed by atoms with van der Waals surface area (Å²) < 4.78 is 1.97. The molecule has 0 aliphatic carbocycles. The molecule has 1 saturated heterocycles. The number of benzene rings is 1. The van der Waals surface area contributed by atoms with E-state index in [0.717, 1.165) is 25.6 Å². The molecule has 1 aromatic heterocycles. The monoisotopic (exact) mass is 333 g/mol. The van der Waals surface area contributed by atoms with Crippen LogP contribution in [0.2, 0.25) is 0 Å². The minimum atomic E-state index is 0. The Morgan fingerprint density at radius 1 is 1.22 bits per heavy atom. The van der Waals surface area contributed by atoms with Crippen LogP contribution in [0.4, 0.5) is 5.69 Å². The van der Waals surface area contributed by atoms with E-state index in [1.807, 2.05) is 11.0 Å². The first kappa shape index (κ1) is 16.3. The molecule has 2 aromatic rings. The van der Waals surface area contributed by atoms with Crippen molar-refractivity contribution in [3.05, 3.63) is 42.0 Å². The fourth-order valence-corrected chi connectivity index (χ4v) is 3.70. The van der Waals surface area contributed by atoms with Gasteiger partial charge in [0.15, 0.2) is 0 Å². The standard InChI is InChI=1S/C17H23N5.ClH/c1-2-15-4-7-19-17(15)16(3-1)11-21-8-5-14(6-9-21)10-22-13-18-12-20-22;/h1-3,12-14,19H,4-11H2;1H. The first-order valence-corrected chi connectivity index (χ1v) is 8.28. The highest BCUT2D eigenvalue weighted by molar-refractivity contribution is 5.85. The van der Waals surface area contributed by atoms with Crippen molar-refractivity contribution in [2.75, 3.05) is 25.0 Å². The minimum absolute atomic E-state index is 0. The van der Waals surface area contributed by atoms with Crippen molar-refractivity contribution < 1.29 is 0 Å². The largest absolute Gasteiger partial charge is 0.384 e. The number of nitrogens with one attached hydrogen (secondary N) is 1. The molecule has 1 N–H and O–H groups in total. The van der Waals surface area contributed by atoms with E-state index in [9.17, 15) is 0 Å². The molecular formula is C17H24ClN5. The quantitative estimate of drug-likeness (QED) is 0.934. The number of nitrogens with zero attached hydrogens (tertiary/aromatic N) is 4. The van der Waals surface area contributed by atoms with Crippen LogP contribution in [0.5, 0.6) is 0 Å². The molecule has 0 bridgehead atoms. The van der Waals surface area contributed by atoms with E-state index in [1.54, 1.807) is 6.33 Å². The molecule has 6 heteroatoms. The Morgan fingerprint density at radius 2 is 2.09 bits per heavy atom. The number of fused-ring (bicyclic) bond motifs is 1. The summed E-state index contributed by atoms with van der Waals surface area (Å²) in [6, 6.07) is 6.74. The summed E-state index contributed by atoms with van der Waals surface area (Å²) >= 11 is 0. The van der Waals surface area contributed by atoms with Crippen LogP contribution in [0.15, 0.2) is 30.9 Å². The predicted octanol–water partition coefficient (Wildman–Crippen LogP) is 2.58. The third kappa shape index (κ3) is 3.67. The van der Waals surface area contributed by atoms with Gasteiger partial charge < -0.3 is 5.32 Å². The molecule has 0 spiro atoms. The smallest absolute Gasteiger partial charge is 0.137 e. The van der Waals surface area contributed by atoms with Crippen molar-refractivity contribution in [1.29, 1.82) is 0 Å². The molecule has 23 heavy (non-hydrogen) atoms. The van der Waals surface area contributed by atoms with Gasteiger partial charge >= 0.3 is 0 Å². The van der Waals surface area contributed by atoms with E-state index in [-0.39, 0.29) is 12.4 Å². The van der Waals surface area contributed by atoms with Crippen LogP contribution in [-0.2, 0) is 19.5 Å². The molecule has 5 nitrogen and oxygen atoms in total. The highest BCUT2D eigenvalue weighted by Crippen LogP contribution is 2.28. The molecular weight excluding hydrogens is 310 g/mol. The Hall–Kier alpha value is -1.59. The van der Waals surface area contributed by atoms with Crippen LogP contribution >= 0.6 is 12.4 Å². The predicted molar refractivity (Wildman–Crippen MR) is 93.9 cm³/mol.